The summed E-state index contributed by atoms with van der Waals surface area (Å²) in [7, 11) is 0. The Kier molecular flexibility index (Phi) is 2.98. The summed E-state index contributed by atoms with van der Waals surface area (Å²) in [6.07, 6.45) is 3.84. The lowest BCUT2D eigenvalue weighted by molar-refractivity contribution is -0.377. The first-order valence-corrected chi connectivity index (χ1v) is 5.00. The molecule has 15 heavy (non-hydrogen) atoms. The van der Waals surface area contributed by atoms with Crippen LogP contribution in [-0.4, -0.2) is 6.54 Å². The van der Waals surface area contributed by atoms with Crippen LogP contribution in [0.4, 0.5) is 11.4 Å². The van der Waals surface area contributed by atoms with Gasteiger partial charge in [0.2, 0.25) is 0 Å². The van der Waals surface area contributed by atoms with Gasteiger partial charge in [-0.2, -0.15) is 0 Å². The molecule has 2 heteroatoms. The van der Waals surface area contributed by atoms with E-state index in [4.69, 9.17) is 0 Å². The zero-order chi connectivity index (χ0) is 10.5. The van der Waals surface area contributed by atoms with E-state index < -0.39 is 0 Å². The molecule has 0 saturated heterocycles. The van der Waals surface area contributed by atoms with Crippen LogP contribution in [0.15, 0.2) is 54.9 Å². The van der Waals surface area contributed by atoms with Crippen LogP contribution in [-0.2, 0) is 0 Å². The number of H-pyrrole nitrogens is 1. The molecule has 2 nitrogen and oxygen atoms in total. The third-order valence-electron chi connectivity index (χ3n) is 2.30. The van der Waals surface area contributed by atoms with Gasteiger partial charge < -0.3 is 4.90 Å². The average molecular weight is 198 g/mol. The summed E-state index contributed by atoms with van der Waals surface area (Å²) in [5, 5.41) is 0. The van der Waals surface area contributed by atoms with Crippen molar-refractivity contribution in [3.63, 3.8) is 0 Å². The summed E-state index contributed by atoms with van der Waals surface area (Å²) in [4.78, 5) is 5.18. The molecule has 0 aliphatic carbocycles. The van der Waals surface area contributed by atoms with Crippen molar-refractivity contribution in [3.8, 4) is 0 Å². The molecule has 0 aliphatic heterocycles. The second-order valence-corrected chi connectivity index (χ2v) is 3.25. The Morgan fingerprint density at radius 3 is 2.13 bits per heavy atom. The van der Waals surface area contributed by atoms with Crippen LogP contribution in [0.3, 0.4) is 0 Å². The summed E-state index contributed by atoms with van der Waals surface area (Å²) in [6, 6.07) is 14.3. The number of nitrogens with zero attached hydrogens (tertiary/aromatic N) is 1. The molecule has 1 radical (unpaired) electrons. The highest BCUT2D eigenvalue weighted by Crippen LogP contribution is 2.22. The van der Waals surface area contributed by atoms with Crippen molar-refractivity contribution in [1.29, 1.82) is 0 Å². The van der Waals surface area contributed by atoms with Gasteiger partial charge in [-0.15, -0.1) is 0 Å². The number of benzene rings is 1. The van der Waals surface area contributed by atoms with Gasteiger partial charge in [0, 0.05) is 24.4 Å². The van der Waals surface area contributed by atoms with Gasteiger partial charge in [0.1, 0.15) is 0 Å². The maximum absolute atomic E-state index is 3.95. The molecule has 0 spiro atoms. The number of anilines is 2. The Morgan fingerprint density at radius 2 is 1.53 bits per heavy atom. The first kappa shape index (κ1) is 9.71. The van der Waals surface area contributed by atoms with Gasteiger partial charge >= 0.3 is 0 Å². The molecule has 0 amide bonds. The average Bonchev–Trinajstić information content (AvgIpc) is 2.33. The van der Waals surface area contributed by atoms with E-state index in [2.05, 4.69) is 28.9 Å². The van der Waals surface area contributed by atoms with Crippen LogP contribution in [0, 0.1) is 6.92 Å². The molecule has 0 fully saturated rings. The predicted octanol–water partition coefficient (Wildman–Crippen LogP) is 2.47. The smallest absolute Gasteiger partial charge is 0.169 e. The lowest BCUT2D eigenvalue weighted by Gasteiger charge is -2.22. The summed E-state index contributed by atoms with van der Waals surface area (Å²) in [5.41, 5.74) is 2.31. The number of rotatable bonds is 3. The van der Waals surface area contributed by atoms with Crippen molar-refractivity contribution in [3.05, 3.63) is 61.8 Å². The number of hydrogen-bond donors (Lipinski definition) is 0. The summed E-state index contributed by atoms with van der Waals surface area (Å²) >= 11 is 0. The van der Waals surface area contributed by atoms with Gasteiger partial charge in [-0.05, 0) is 19.1 Å². The second kappa shape index (κ2) is 4.60. The highest BCUT2D eigenvalue weighted by Gasteiger charge is 2.06. The second-order valence-electron chi connectivity index (χ2n) is 3.25. The third-order valence-corrected chi connectivity index (χ3v) is 2.30. The fourth-order valence-electron chi connectivity index (χ4n) is 1.57. The molecule has 75 valence electrons. The van der Waals surface area contributed by atoms with Gasteiger partial charge in [-0.3, -0.25) is 0 Å². The normalized spacial score (nSPS) is 9.93. The number of para-hydroxylation sites is 1. The number of pyridine rings is 1. The summed E-state index contributed by atoms with van der Waals surface area (Å²) in [5.74, 6) is 0. The summed E-state index contributed by atoms with van der Waals surface area (Å²) in [6.45, 7) is 4.67. The highest BCUT2D eigenvalue weighted by atomic mass is 15.1. The number of nitrogens with one attached hydrogen (secondary N) is 1. The van der Waals surface area contributed by atoms with Crippen molar-refractivity contribution in [1.82, 2.24) is 0 Å². The van der Waals surface area contributed by atoms with Crippen LogP contribution in [0.5, 0.6) is 0 Å². The molecule has 1 heterocycles. The Bertz CT molecular complexity index is 358. The van der Waals surface area contributed by atoms with Gasteiger partial charge in [0.05, 0.1) is 5.69 Å². The monoisotopic (exact) mass is 198 g/mol. The first-order chi connectivity index (χ1) is 7.42. The maximum atomic E-state index is 3.95. The van der Waals surface area contributed by atoms with E-state index in [0.717, 1.165) is 5.69 Å². The van der Waals surface area contributed by atoms with E-state index >= 15 is 0 Å². The van der Waals surface area contributed by atoms with E-state index in [1.807, 2.05) is 42.7 Å². The van der Waals surface area contributed by atoms with Crippen LogP contribution < -0.4 is 9.88 Å². The van der Waals surface area contributed by atoms with E-state index in [-0.39, 0.29) is 0 Å². The minimum absolute atomic E-state index is 0.716. The van der Waals surface area contributed by atoms with E-state index in [9.17, 15) is 0 Å². The molecule has 0 unspecified atom stereocenters. The zero-order valence-corrected chi connectivity index (χ0v) is 8.56. The molecular formula is C13H14N2+. The molecule has 0 aliphatic rings. The van der Waals surface area contributed by atoms with Gasteiger partial charge in [0.25, 0.3) is 0 Å². The Labute approximate surface area is 90.2 Å². The predicted molar refractivity (Wildman–Crippen MR) is 61.8 cm³/mol. The van der Waals surface area contributed by atoms with Crippen molar-refractivity contribution >= 4 is 11.4 Å². The SMILES string of the molecule is [CH2]CN(c1ccccc1)c1cc[nH+]cc1. The molecule has 1 N–H and O–H groups in total. The molecule has 2 rings (SSSR count). The van der Waals surface area contributed by atoms with E-state index in [1.165, 1.54) is 5.69 Å². The lowest BCUT2D eigenvalue weighted by atomic mass is 10.2. The largest absolute Gasteiger partial charge is 0.341 e. The lowest BCUT2D eigenvalue weighted by Crippen LogP contribution is -2.16. The zero-order valence-electron chi connectivity index (χ0n) is 8.56. The van der Waals surface area contributed by atoms with E-state index in [0.29, 0.717) is 6.54 Å². The standard InChI is InChI=1S/C13H13N2/c1-2-15(12-6-4-3-5-7-12)13-8-10-14-11-9-13/h3-11H,1-2H2/p+1. The molecular weight excluding hydrogens is 184 g/mol. The molecule has 2 aromatic rings. The highest BCUT2D eigenvalue weighted by molar-refractivity contribution is 5.62. The number of aromatic nitrogens is 1. The van der Waals surface area contributed by atoms with Gasteiger partial charge in [-0.1, -0.05) is 18.2 Å². The van der Waals surface area contributed by atoms with Crippen molar-refractivity contribution in [2.75, 3.05) is 11.4 Å². The fraction of sp³-hybridized carbons (Fsp3) is 0.0769. The Morgan fingerprint density at radius 1 is 0.933 bits per heavy atom. The molecule has 0 saturated carbocycles. The minimum atomic E-state index is 0.716. The van der Waals surface area contributed by atoms with Crippen molar-refractivity contribution < 1.29 is 4.98 Å². The number of aromatic amines is 1. The van der Waals surface area contributed by atoms with Crippen LogP contribution in [0.25, 0.3) is 0 Å². The van der Waals surface area contributed by atoms with Crippen LogP contribution in [0.2, 0.25) is 0 Å². The van der Waals surface area contributed by atoms with Crippen LogP contribution >= 0.6 is 0 Å². The minimum Gasteiger partial charge on any atom is -0.341 e. The topological polar surface area (TPSA) is 17.4 Å². The molecule has 1 aromatic carbocycles. The Hall–Kier alpha value is -1.83. The number of hydrogen-bond acceptors (Lipinski definition) is 1. The van der Waals surface area contributed by atoms with Crippen LogP contribution in [0.1, 0.15) is 0 Å². The van der Waals surface area contributed by atoms with Gasteiger partial charge in [0.15, 0.2) is 12.4 Å². The van der Waals surface area contributed by atoms with E-state index in [1.54, 1.807) is 0 Å². The summed E-state index contributed by atoms with van der Waals surface area (Å²) < 4.78 is 0. The third kappa shape index (κ3) is 2.15. The molecule has 0 atom stereocenters. The maximum Gasteiger partial charge on any atom is 0.169 e. The molecule has 1 aromatic heterocycles. The fourth-order valence-corrected chi connectivity index (χ4v) is 1.57. The van der Waals surface area contributed by atoms with Gasteiger partial charge in [-0.25, -0.2) is 4.98 Å². The molecule has 0 bridgehead atoms. The van der Waals surface area contributed by atoms with Crippen molar-refractivity contribution in [2.24, 2.45) is 0 Å². The first-order valence-electron chi connectivity index (χ1n) is 5.00. The Balaban J connectivity index is 2.34. The van der Waals surface area contributed by atoms with Crippen molar-refractivity contribution in [2.45, 2.75) is 0 Å². The quantitative estimate of drug-likeness (QED) is 0.740.